The van der Waals surface area contributed by atoms with Gasteiger partial charge in [0, 0.05) is 12.1 Å². The summed E-state index contributed by atoms with van der Waals surface area (Å²) >= 11 is 0. The number of rotatable bonds is 7. The van der Waals surface area contributed by atoms with Gasteiger partial charge in [-0.05, 0) is 37.8 Å². The fourth-order valence-electron chi connectivity index (χ4n) is 2.37. The molecule has 1 unspecified atom stereocenters. The molecule has 1 nitrogen and oxygen atoms in total. The van der Waals surface area contributed by atoms with Crippen molar-refractivity contribution >= 4 is 0 Å². The van der Waals surface area contributed by atoms with Crippen molar-refractivity contribution in [2.45, 2.75) is 65.5 Å². The van der Waals surface area contributed by atoms with Crippen molar-refractivity contribution in [1.82, 2.24) is 5.32 Å². The van der Waals surface area contributed by atoms with Crippen LogP contribution in [0.2, 0.25) is 0 Å². The van der Waals surface area contributed by atoms with Crippen LogP contribution in [0.4, 0.5) is 0 Å². The van der Waals surface area contributed by atoms with Crippen molar-refractivity contribution in [2.24, 2.45) is 0 Å². The summed E-state index contributed by atoms with van der Waals surface area (Å²) in [6, 6.07) is 9.79. The molecule has 0 heterocycles. The third kappa shape index (κ3) is 4.51. The predicted molar refractivity (Wildman–Crippen MR) is 76.3 cm³/mol. The molecule has 0 amide bonds. The lowest BCUT2D eigenvalue weighted by Crippen LogP contribution is -2.31. The Hall–Kier alpha value is -0.820. The first-order valence-corrected chi connectivity index (χ1v) is 7.00. The summed E-state index contributed by atoms with van der Waals surface area (Å²) in [6.45, 7) is 9.01. The lowest BCUT2D eigenvalue weighted by Gasteiger charge is -2.23. The van der Waals surface area contributed by atoms with Gasteiger partial charge in [0.15, 0.2) is 0 Å². The van der Waals surface area contributed by atoms with E-state index in [1.165, 1.54) is 36.8 Å². The Morgan fingerprint density at radius 2 is 1.88 bits per heavy atom. The fourth-order valence-corrected chi connectivity index (χ4v) is 2.37. The van der Waals surface area contributed by atoms with Crippen LogP contribution in [0.25, 0.3) is 0 Å². The Morgan fingerprint density at radius 1 is 1.18 bits per heavy atom. The van der Waals surface area contributed by atoms with Crippen molar-refractivity contribution in [2.75, 3.05) is 0 Å². The van der Waals surface area contributed by atoms with Gasteiger partial charge in [0.05, 0.1) is 0 Å². The summed E-state index contributed by atoms with van der Waals surface area (Å²) in [5.41, 5.74) is 2.82. The maximum atomic E-state index is 3.76. The van der Waals surface area contributed by atoms with Crippen molar-refractivity contribution in [3.05, 3.63) is 35.4 Å². The second-order valence-electron chi connectivity index (χ2n) is 4.99. The van der Waals surface area contributed by atoms with Gasteiger partial charge in [-0.1, -0.05) is 51.0 Å². The van der Waals surface area contributed by atoms with Gasteiger partial charge in [0.1, 0.15) is 0 Å². The molecule has 0 spiro atoms. The Morgan fingerprint density at radius 3 is 2.47 bits per heavy atom. The summed E-state index contributed by atoms with van der Waals surface area (Å²) in [4.78, 5) is 0. The van der Waals surface area contributed by atoms with Crippen LogP contribution in [0.5, 0.6) is 0 Å². The molecule has 2 atom stereocenters. The zero-order valence-corrected chi connectivity index (χ0v) is 11.8. The Bertz CT molecular complexity index is 319. The van der Waals surface area contributed by atoms with Gasteiger partial charge in [0.2, 0.25) is 0 Å². The van der Waals surface area contributed by atoms with Crippen LogP contribution in [0.3, 0.4) is 0 Å². The molecule has 0 saturated carbocycles. The van der Waals surface area contributed by atoms with E-state index in [1.807, 2.05) is 0 Å². The largest absolute Gasteiger partial charge is 0.307 e. The first-order valence-electron chi connectivity index (χ1n) is 7.00. The molecule has 0 aliphatic rings. The Labute approximate surface area is 107 Å². The molecule has 1 aromatic carbocycles. The molecule has 0 fully saturated rings. The van der Waals surface area contributed by atoms with Crippen LogP contribution in [0.15, 0.2) is 24.3 Å². The van der Waals surface area contributed by atoms with Crippen molar-refractivity contribution in [3.63, 3.8) is 0 Å². The van der Waals surface area contributed by atoms with Gasteiger partial charge >= 0.3 is 0 Å². The zero-order valence-electron chi connectivity index (χ0n) is 11.8. The summed E-state index contributed by atoms with van der Waals surface area (Å²) in [5.74, 6) is 0. The lowest BCUT2D eigenvalue weighted by atomic mass is 10.00. The van der Waals surface area contributed by atoms with Crippen LogP contribution in [-0.4, -0.2) is 6.04 Å². The van der Waals surface area contributed by atoms with E-state index >= 15 is 0 Å². The van der Waals surface area contributed by atoms with Gasteiger partial charge in [-0.2, -0.15) is 0 Å². The van der Waals surface area contributed by atoms with Gasteiger partial charge in [-0.15, -0.1) is 0 Å². The summed E-state index contributed by atoms with van der Waals surface area (Å²) < 4.78 is 0. The molecule has 1 aromatic rings. The van der Waals surface area contributed by atoms with Gasteiger partial charge in [0.25, 0.3) is 0 Å². The minimum atomic E-state index is 0.456. The van der Waals surface area contributed by atoms with Gasteiger partial charge in [-0.25, -0.2) is 0 Å². The number of hydrogen-bond donors (Lipinski definition) is 1. The Balaban J connectivity index is 2.58. The molecule has 0 radical (unpaired) electrons. The maximum absolute atomic E-state index is 3.76. The molecule has 0 bridgehead atoms. The molecule has 0 saturated heterocycles. The highest BCUT2D eigenvalue weighted by Crippen LogP contribution is 2.18. The molecule has 0 aliphatic carbocycles. The van der Waals surface area contributed by atoms with E-state index in [4.69, 9.17) is 0 Å². The van der Waals surface area contributed by atoms with E-state index in [0.717, 1.165) is 0 Å². The van der Waals surface area contributed by atoms with Gasteiger partial charge in [-0.3, -0.25) is 0 Å². The SMILES string of the molecule is CCCCC(CC)N[C@@H](C)c1ccccc1C. The van der Waals surface area contributed by atoms with Crippen molar-refractivity contribution in [3.8, 4) is 0 Å². The third-order valence-electron chi connectivity index (χ3n) is 3.54. The molecule has 0 aromatic heterocycles. The molecule has 0 aliphatic heterocycles. The first kappa shape index (κ1) is 14.2. The summed E-state index contributed by atoms with van der Waals surface area (Å²) in [5, 5.41) is 3.76. The average Bonchev–Trinajstić information content (AvgIpc) is 2.34. The molecule has 1 heteroatoms. The minimum absolute atomic E-state index is 0.456. The molecule has 1 N–H and O–H groups in total. The van der Waals surface area contributed by atoms with Crippen LogP contribution in [0, 0.1) is 6.92 Å². The quantitative estimate of drug-likeness (QED) is 0.725. The third-order valence-corrected chi connectivity index (χ3v) is 3.54. The predicted octanol–water partition coefficient (Wildman–Crippen LogP) is 4.61. The number of hydrogen-bond acceptors (Lipinski definition) is 1. The topological polar surface area (TPSA) is 12.0 Å². The highest BCUT2D eigenvalue weighted by molar-refractivity contribution is 5.28. The highest BCUT2D eigenvalue weighted by atomic mass is 14.9. The second kappa shape index (κ2) is 7.50. The number of unbranched alkanes of at least 4 members (excludes halogenated alkanes) is 1. The zero-order chi connectivity index (χ0) is 12.7. The fraction of sp³-hybridized carbons (Fsp3) is 0.625. The standard InChI is InChI=1S/C16H27N/c1-5-7-11-15(6-2)17-14(4)16-12-9-8-10-13(16)3/h8-10,12,14-15,17H,5-7,11H2,1-4H3/t14-,15?/m0/s1. The van der Waals surface area contributed by atoms with Gasteiger partial charge < -0.3 is 5.32 Å². The van der Waals surface area contributed by atoms with E-state index in [2.05, 4.69) is 57.3 Å². The van der Waals surface area contributed by atoms with Crippen molar-refractivity contribution < 1.29 is 0 Å². The lowest BCUT2D eigenvalue weighted by molar-refractivity contribution is 0.409. The number of aryl methyl sites for hydroxylation is 1. The number of benzene rings is 1. The Kier molecular flexibility index (Phi) is 6.28. The number of nitrogens with one attached hydrogen (secondary N) is 1. The maximum Gasteiger partial charge on any atom is 0.0296 e. The first-order chi connectivity index (χ1) is 8.19. The smallest absolute Gasteiger partial charge is 0.0296 e. The van der Waals surface area contributed by atoms with Crippen LogP contribution < -0.4 is 5.32 Å². The summed E-state index contributed by atoms with van der Waals surface area (Å²) in [6.07, 6.45) is 5.13. The van der Waals surface area contributed by atoms with Crippen molar-refractivity contribution in [1.29, 1.82) is 0 Å². The average molecular weight is 233 g/mol. The van der Waals surface area contributed by atoms with E-state index in [9.17, 15) is 0 Å². The molecular formula is C16H27N. The monoisotopic (exact) mass is 233 g/mol. The van der Waals surface area contributed by atoms with E-state index in [1.54, 1.807) is 0 Å². The summed E-state index contributed by atoms with van der Waals surface area (Å²) in [7, 11) is 0. The molecule has 96 valence electrons. The van der Waals surface area contributed by atoms with Crippen LogP contribution in [-0.2, 0) is 0 Å². The highest BCUT2D eigenvalue weighted by Gasteiger charge is 2.12. The minimum Gasteiger partial charge on any atom is -0.307 e. The van der Waals surface area contributed by atoms with Crippen LogP contribution >= 0.6 is 0 Å². The van der Waals surface area contributed by atoms with E-state index in [-0.39, 0.29) is 0 Å². The van der Waals surface area contributed by atoms with E-state index in [0.29, 0.717) is 12.1 Å². The molecule has 1 rings (SSSR count). The van der Waals surface area contributed by atoms with E-state index < -0.39 is 0 Å². The molecule has 17 heavy (non-hydrogen) atoms. The second-order valence-corrected chi connectivity index (χ2v) is 4.99. The normalized spacial score (nSPS) is 14.6. The molecular weight excluding hydrogens is 206 g/mol. The van der Waals surface area contributed by atoms with Crippen LogP contribution in [0.1, 0.15) is 63.6 Å².